The number of carbonyl (C=O) groups excluding carboxylic acids is 1. The second-order valence-electron chi connectivity index (χ2n) is 8.52. The normalized spacial score (nSPS) is 17.2. The van der Waals surface area contributed by atoms with E-state index in [0.717, 1.165) is 19.3 Å². The van der Waals surface area contributed by atoms with Gasteiger partial charge in [-0.1, -0.05) is 52.0 Å². The lowest BCUT2D eigenvalue weighted by atomic mass is 9.67. The summed E-state index contributed by atoms with van der Waals surface area (Å²) < 4.78 is 5.34. The molecule has 0 fully saturated rings. The predicted octanol–water partition coefficient (Wildman–Crippen LogP) is 7.30. The first-order chi connectivity index (χ1) is 13.3. The smallest absolute Gasteiger partial charge is 0.338 e. The molecule has 0 N–H and O–H groups in total. The lowest BCUT2D eigenvalue weighted by Crippen LogP contribution is -2.22. The number of ether oxygens (including phenoxy) is 1. The molecule has 0 atom stereocenters. The van der Waals surface area contributed by atoms with Gasteiger partial charge in [0.1, 0.15) is 0 Å². The molecule has 152 valence electrons. The summed E-state index contributed by atoms with van der Waals surface area (Å²) in [4.78, 5) is 12.3. The van der Waals surface area contributed by atoms with E-state index in [1.807, 2.05) is 25.1 Å². The van der Waals surface area contributed by atoms with Gasteiger partial charge in [-0.05, 0) is 91.3 Å². The molecule has 0 saturated carbocycles. The number of carbonyl (C=O) groups is 1. The fraction of sp³-hybridized carbons (Fsp3) is 0.500. The van der Waals surface area contributed by atoms with Crippen molar-refractivity contribution >= 4 is 11.5 Å². The molecule has 0 spiro atoms. The van der Waals surface area contributed by atoms with Crippen LogP contribution in [0.25, 0.3) is 5.57 Å². The third-order valence-electron chi connectivity index (χ3n) is 5.84. The van der Waals surface area contributed by atoms with E-state index in [1.165, 1.54) is 46.3 Å². The van der Waals surface area contributed by atoms with Gasteiger partial charge in [0.2, 0.25) is 0 Å². The Morgan fingerprint density at radius 3 is 2.57 bits per heavy atom. The van der Waals surface area contributed by atoms with Gasteiger partial charge in [-0.15, -0.1) is 0 Å². The minimum atomic E-state index is -0.234. The Balaban J connectivity index is 2.63. The molecule has 0 aliphatic heterocycles. The Morgan fingerprint density at radius 2 is 2.00 bits per heavy atom. The van der Waals surface area contributed by atoms with Crippen LogP contribution in [0.4, 0.5) is 0 Å². The molecule has 28 heavy (non-hydrogen) atoms. The average molecular weight is 381 g/mol. The molecule has 1 aliphatic carbocycles. The molecule has 2 heteroatoms. The van der Waals surface area contributed by atoms with E-state index >= 15 is 0 Å². The van der Waals surface area contributed by atoms with Gasteiger partial charge in [-0.2, -0.15) is 0 Å². The molecule has 1 aromatic rings. The fourth-order valence-electron chi connectivity index (χ4n) is 4.36. The van der Waals surface area contributed by atoms with E-state index in [-0.39, 0.29) is 11.4 Å². The number of hydrogen-bond acceptors (Lipinski definition) is 2. The second-order valence-corrected chi connectivity index (χ2v) is 8.52. The highest BCUT2D eigenvalue weighted by atomic mass is 16.5. The first-order valence-electron chi connectivity index (χ1n) is 10.6. The van der Waals surface area contributed by atoms with Crippen LogP contribution in [0.15, 0.2) is 47.6 Å². The van der Waals surface area contributed by atoms with E-state index < -0.39 is 0 Å². The summed E-state index contributed by atoms with van der Waals surface area (Å²) in [5, 5.41) is 0. The average Bonchev–Trinajstić information content (AvgIpc) is 2.67. The molecule has 1 aliphatic rings. The molecule has 2 rings (SSSR count). The molecule has 0 saturated heterocycles. The van der Waals surface area contributed by atoms with Crippen molar-refractivity contribution in [2.24, 2.45) is 5.41 Å². The standard InChI is InChI=1S/C26H36O2/c1-8-16-28-25(27)21-13-14-22(20(10-3)17-21)23(18(4)9-2)24-19(5)12-11-15-26(24,6)7/h9,13-14,17H,2,8,10-12,15-16H2,1,3-7H3/b23-18+. The molecule has 0 unspecified atom stereocenters. The minimum Gasteiger partial charge on any atom is -0.462 e. The van der Waals surface area contributed by atoms with Gasteiger partial charge >= 0.3 is 5.97 Å². The molecule has 0 bridgehead atoms. The largest absolute Gasteiger partial charge is 0.462 e. The molecule has 1 aromatic carbocycles. The van der Waals surface area contributed by atoms with Gasteiger partial charge in [-0.3, -0.25) is 0 Å². The van der Waals surface area contributed by atoms with E-state index in [4.69, 9.17) is 4.74 Å². The van der Waals surface area contributed by atoms with Crippen molar-refractivity contribution < 1.29 is 9.53 Å². The van der Waals surface area contributed by atoms with Gasteiger partial charge < -0.3 is 4.74 Å². The maximum Gasteiger partial charge on any atom is 0.338 e. The van der Waals surface area contributed by atoms with Gasteiger partial charge in [0, 0.05) is 0 Å². The monoisotopic (exact) mass is 380 g/mol. The quantitative estimate of drug-likeness (QED) is 0.366. The fourth-order valence-corrected chi connectivity index (χ4v) is 4.36. The van der Waals surface area contributed by atoms with Crippen molar-refractivity contribution in [2.75, 3.05) is 6.61 Å². The highest BCUT2D eigenvalue weighted by Gasteiger charge is 2.32. The highest BCUT2D eigenvalue weighted by Crippen LogP contribution is 2.48. The van der Waals surface area contributed by atoms with E-state index in [0.29, 0.717) is 12.2 Å². The lowest BCUT2D eigenvalue weighted by Gasteiger charge is -2.37. The number of esters is 1. The number of benzene rings is 1. The molecule has 0 amide bonds. The van der Waals surface area contributed by atoms with Crippen LogP contribution in [0, 0.1) is 5.41 Å². The maximum atomic E-state index is 12.3. The molecular formula is C26H36O2. The van der Waals surface area contributed by atoms with Gasteiger partial charge in [0.05, 0.1) is 12.2 Å². The first kappa shape index (κ1) is 22.2. The Morgan fingerprint density at radius 1 is 1.29 bits per heavy atom. The van der Waals surface area contributed by atoms with Crippen LogP contribution in [-0.4, -0.2) is 12.6 Å². The Hall–Kier alpha value is -2.09. The van der Waals surface area contributed by atoms with Crippen LogP contribution in [0.5, 0.6) is 0 Å². The van der Waals surface area contributed by atoms with Gasteiger partial charge in [0.25, 0.3) is 0 Å². The van der Waals surface area contributed by atoms with Crippen molar-refractivity contribution in [2.45, 2.75) is 73.6 Å². The molecule has 0 heterocycles. The predicted molar refractivity (Wildman–Crippen MR) is 120 cm³/mol. The number of aryl methyl sites for hydroxylation is 1. The number of hydrogen-bond donors (Lipinski definition) is 0. The van der Waals surface area contributed by atoms with Crippen LogP contribution in [-0.2, 0) is 11.2 Å². The van der Waals surface area contributed by atoms with Crippen molar-refractivity contribution in [3.8, 4) is 0 Å². The van der Waals surface area contributed by atoms with Crippen molar-refractivity contribution in [1.29, 1.82) is 0 Å². The molecule has 2 nitrogen and oxygen atoms in total. The third-order valence-corrected chi connectivity index (χ3v) is 5.84. The van der Waals surface area contributed by atoms with E-state index in [9.17, 15) is 4.79 Å². The third kappa shape index (κ3) is 4.66. The summed E-state index contributed by atoms with van der Waals surface area (Å²) in [7, 11) is 0. The van der Waals surface area contributed by atoms with Crippen LogP contribution >= 0.6 is 0 Å². The topological polar surface area (TPSA) is 26.3 Å². The summed E-state index contributed by atoms with van der Waals surface area (Å²) in [6.45, 7) is 17.8. The Labute approximate surface area is 171 Å². The molecule has 0 aromatic heterocycles. The summed E-state index contributed by atoms with van der Waals surface area (Å²) in [5.41, 5.74) is 8.58. The van der Waals surface area contributed by atoms with Crippen LogP contribution < -0.4 is 0 Å². The SMILES string of the molecule is C=C/C(C)=C(/C1=C(C)CCCC1(C)C)c1ccc(C(=O)OCCC)cc1CC. The first-order valence-corrected chi connectivity index (χ1v) is 10.6. The summed E-state index contributed by atoms with van der Waals surface area (Å²) >= 11 is 0. The number of allylic oxidation sites excluding steroid dienone is 5. The minimum absolute atomic E-state index is 0.131. The lowest BCUT2D eigenvalue weighted by molar-refractivity contribution is 0.0505. The van der Waals surface area contributed by atoms with E-state index in [2.05, 4.69) is 47.3 Å². The summed E-state index contributed by atoms with van der Waals surface area (Å²) in [6.07, 6.45) is 7.24. The molecule has 0 radical (unpaired) electrons. The van der Waals surface area contributed by atoms with Crippen LogP contribution in [0.1, 0.15) is 88.7 Å². The Bertz CT molecular complexity index is 806. The summed E-state index contributed by atoms with van der Waals surface area (Å²) in [6, 6.07) is 6.03. The van der Waals surface area contributed by atoms with Crippen molar-refractivity contribution in [3.63, 3.8) is 0 Å². The van der Waals surface area contributed by atoms with Gasteiger partial charge in [-0.25, -0.2) is 4.79 Å². The van der Waals surface area contributed by atoms with Crippen LogP contribution in [0.2, 0.25) is 0 Å². The summed E-state index contributed by atoms with van der Waals surface area (Å²) in [5.74, 6) is -0.234. The molecular weight excluding hydrogens is 344 g/mol. The zero-order valence-electron chi connectivity index (χ0n) is 18.6. The van der Waals surface area contributed by atoms with Gasteiger partial charge in [0.15, 0.2) is 0 Å². The Kier molecular flexibility index (Phi) is 7.46. The van der Waals surface area contributed by atoms with Crippen molar-refractivity contribution in [3.05, 3.63) is 64.3 Å². The maximum absolute atomic E-state index is 12.3. The second kappa shape index (κ2) is 9.41. The number of rotatable bonds is 7. The highest BCUT2D eigenvalue weighted by molar-refractivity contribution is 5.92. The van der Waals surface area contributed by atoms with E-state index in [1.54, 1.807) is 0 Å². The van der Waals surface area contributed by atoms with Crippen LogP contribution in [0.3, 0.4) is 0 Å². The zero-order chi connectivity index (χ0) is 20.9. The van der Waals surface area contributed by atoms with Crippen molar-refractivity contribution in [1.82, 2.24) is 0 Å². The zero-order valence-corrected chi connectivity index (χ0v) is 18.6.